The summed E-state index contributed by atoms with van der Waals surface area (Å²) in [6.07, 6.45) is 0. The summed E-state index contributed by atoms with van der Waals surface area (Å²) < 4.78 is 72.8. The molecule has 0 N–H and O–H groups in total. The van der Waals surface area contributed by atoms with Crippen LogP contribution in [0.25, 0.3) is 11.1 Å². The Labute approximate surface area is 140 Å². The van der Waals surface area contributed by atoms with Gasteiger partial charge < -0.3 is 4.74 Å². The number of hydrogen-bond donors (Lipinski definition) is 0. The number of ether oxygens (including phenoxy) is 1. The molecular weight excluding hydrogens is 339 g/mol. The lowest BCUT2D eigenvalue weighted by Crippen LogP contribution is -2.04. The van der Waals surface area contributed by atoms with Crippen molar-refractivity contribution in [2.45, 2.75) is 6.61 Å². The fourth-order valence-corrected chi connectivity index (χ4v) is 2.32. The number of benzene rings is 3. The Kier molecular flexibility index (Phi) is 4.70. The van der Waals surface area contributed by atoms with Crippen LogP contribution in [0.15, 0.2) is 54.6 Å². The summed E-state index contributed by atoms with van der Waals surface area (Å²) in [6, 6.07) is 14.6. The lowest BCUT2D eigenvalue weighted by molar-refractivity contribution is 0.306. The SMILES string of the molecule is Fc1c(F)c(F)c(-c2ccc(OCc3ccccc3)cc2)c(F)c1F. The Hall–Kier alpha value is -2.89. The second-order valence-electron chi connectivity index (χ2n) is 5.24. The minimum atomic E-state index is -2.18. The molecule has 0 aliphatic heterocycles. The highest BCUT2D eigenvalue weighted by molar-refractivity contribution is 5.66. The van der Waals surface area contributed by atoms with Gasteiger partial charge in [-0.25, -0.2) is 22.0 Å². The second-order valence-corrected chi connectivity index (χ2v) is 5.24. The maximum absolute atomic E-state index is 13.8. The molecule has 1 nitrogen and oxygen atoms in total. The fraction of sp³-hybridized carbons (Fsp3) is 0.0526. The molecule has 0 amide bonds. The van der Waals surface area contributed by atoms with Crippen LogP contribution in [-0.2, 0) is 6.61 Å². The molecule has 0 saturated heterocycles. The first kappa shape index (κ1) is 17.0. The molecular formula is C19H11F5O. The van der Waals surface area contributed by atoms with Crippen molar-refractivity contribution in [2.24, 2.45) is 0 Å². The quantitative estimate of drug-likeness (QED) is 0.337. The zero-order valence-corrected chi connectivity index (χ0v) is 12.7. The van der Waals surface area contributed by atoms with Crippen molar-refractivity contribution < 1.29 is 26.7 Å². The smallest absolute Gasteiger partial charge is 0.200 e. The number of halogens is 5. The average Bonchev–Trinajstić information content (AvgIpc) is 2.65. The third-order valence-corrected chi connectivity index (χ3v) is 3.60. The number of rotatable bonds is 4. The van der Waals surface area contributed by atoms with Crippen LogP contribution in [0.3, 0.4) is 0 Å². The zero-order valence-electron chi connectivity index (χ0n) is 12.7. The molecule has 25 heavy (non-hydrogen) atoms. The van der Waals surface area contributed by atoms with Gasteiger partial charge in [0.1, 0.15) is 12.4 Å². The van der Waals surface area contributed by atoms with E-state index in [2.05, 4.69) is 0 Å². The Bertz CT molecular complexity index is 863. The van der Waals surface area contributed by atoms with E-state index in [1.165, 1.54) is 24.3 Å². The van der Waals surface area contributed by atoms with Crippen LogP contribution in [0, 0.1) is 29.1 Å². The fourth-order valence-electron chi connectivity index (χ4n) is 2.32. The van der Waals surface area contributed by atoms with E-state index >= 15 is 0 Å². The summed E-state index contributed by atoms with van der Waals surface area (Å²) in [5.74, 6) is -9.46. The normalized spacial score (nSPS) is 10.8. The zero-order chi connectivity index (χ0) is 18.0. The molecule has 0 radical (unpaired) electrons. The Morgan fingerprint density at radius 1 is 0.600 bits per heavy atom. The van der Waals surface area contributed by atoms with Crippen molar-refractivity contribution in [1.29, 1.82) is 0 Å². The van der Waals surface area contributed by atoms with Crippen LogP contribution in [0.5, 0.6) is 5.75 Å². The average molecular weight is 350 g/mol. The van der Waals surface area contributed by atoms with Crippen LogP contribution < -0.4 is 4.74 Å². The van der Waals surface area contributed by atoms with E-state index < -0.39 is 34.6 Å². The molecule has 0 spiro atoms. The molecule has 0 bridgehead atoms. The Morgan fingerprint density at radius 3 is 1.68 bits per heavy atom. The first-order valence-corrected chi connectivity index (χ1v) is 7.27. The highest BCUT2D eigenvalue weighted by atomic mass is 19.2. The monoisotopic (exact) mass is 350 g/mol. The first-order chi connectivity index (χ1) is 12.0. The largest absolute Gasteiger partial charge is 0.489 e. The van der Waals surface area contributed by atoms with Gasteiger partial charge in [0.25, 0.3) is 0 Å². The van der Waals surface area contributed by atoms with Gasteiger partial charge in [0.05, 0.1) is 5.56 Å². The molecule has 0 fully saturated rings. The van der Waals surface area contributed by atoms with E-state index in [4.69, 9.17) is 4.74 Å². The predicted octanol–water partition coefficient (Wildman–Crippen LogP) is 5.63. The minimum absolute atomic E-state index is 0.139. The molecule has 6 heteroatoms. The van der Waals surface area contributed by atoms with Crippen molar-refractivity contribution in [2.75, 3.05) is 0 Å². The van der Waals surface area contributed by atoms with E-state index in [-0.39, 0.29) is 12.2 Å². The van der Waals surface area contributed by atoms with Gasteiger partial charge in [-0.3, -0.25) is 0 Å². The van der Waals surface area contributed by atoms with Crippen molar-refractivity contribution >= 4 is 0 Å². The van der Waals surface area contributed by atoms with Gasteiger partial charge in [0, 0.05) is 0 Å². The predicted molar refractivity (Wildman–Crippen MR) is 82.4 cm³/mol. The van der Waals surface area contributed by atoms with Crippen molar-refractivity contribution in [3.63, 3.8) is 0 Å². The third-order valence-electron chi connectivity index (χ3n) is 3.60. The van der Waals surface area contributed by atoms with Crippen molar-refractivity contribution in [1.82, 2.24) is 0 Å². The molecule has 3 aromatic rings. The second kappa shape index (κ2) is 6.93. The van der Waals surface area contributed by atoms with Gasteiger partial charge in [-0.1, -0.05) is 42.5 Å². The van der Waals surface area contributed by atoms with Gasteiger partial charge >= 0.3 is 0 Å². The van der Waals surface area contributed by atoms with Gasteiger partial charge in [0.15, 0.2) is 23.3 Å². The van der Waals surface area contributed by atoms with Crippen LogP contribution in [-0.4, -0.2) is 0 Å². The molecule has 0 aromatic heterocycles. The summed E-state index contributed by atoms with van der Waals surface area (Å²) in [5.41, 5.74) is -0.183. The van der Waals surface area contributed by atoms with Gasteiger partial charge in [0.2, 0.25) is 5.82 Å². The topological polar surface area (TPSA) is 9.23 Å². The summed E-state index contributed by atoms with van der Waals surface area (Å²) in [6.45, 7) is 0.280. The molecule has 0 unspecified atom stereocenters. The lowest BCUT2D eigenvalue weighted by Gasteiger charge is -2.10. The Morgan fingerprint density at radius 2 is 1.12 bits per heavy atom. The van der Waals surface area contributed by atoms with Crippen LogP contribution in [0.1, 0.15) is 5.56 Å². The van der Waals surface area contributed by atoms with Gasteiger partial charge in [-0.05, 0) is 23.3 Å². The van der Waals surface area contributed by atoms with Gasteiger partial charge in [-0.2, -0.15) is 0 Å². The molecule has 0 saturated carbocycles. The highest BCUT2D eigenvalue weighted by Crippen LogP contribution is 2.32. The molecule has 128 valence electrons. The Balaban J connectivity index is 1.86. The van der Waals surface area contributed by atoms with Gasteiger partial charge in [-0.15, -0.1) is 0 Å². The standard InChI is InChI=1S/C19H11F5O/c20-15-14(16(21)18(23)19(24)17(15)22)12-6-8-13(9-7-12)25-10-11-4-2-1-3-5-11/h1-9H,10H2. The van der Waals surface area contributed by atoms with Crippen molar-refractivity contribution in [3.05, 3.63) is 89.2 Å². The van der Waals surface area contributed by atoms with Crippen LogP contribution in [0.2, 0.25) is 0 Å². The van der Waals surface area contributed by atoms with Crippen LogP contribution in [0.4, 0.5) is 22.0 Å². The third kappa shape index (κ3) is 3.33. The summed E-state index contributed by atoms with van der Waals surface area (Å²) in [5, 5.41) is 0. The van der Waals surface area contributed by atoms with Crippen molar-refractivity contribution in [3.8, 4) is 16.9 Å². The number of hydrogen-bond acceptors (Lipinski definition) is 1. The van der Waals surface area contributed by atoms with E-state index in [1.807, 2.05) is 30.3 Å². The maximum atomic E-state index is 13.8. The van der Waals surface area contributed by atoms with E-state index in [9.17, 15) is 22.0 Å². The molecule has 0 atom stereocenters. The molecule has 3 rings (SSSR count). The minimum Gasteiger partial charge on any atom is -0.489 e. The lowest BCUT2D eigenvalue weighted by atomic mass is 10.0. The molecule has 0 aliphatic carbocycles. The highest BCUT2D eigenvalue weighted by Gasteiger charge is 2.26. The first-order valence-electron chi connectivity index (χ1n) is 7.27. The molecule has 0 aliphatic rings. The molecule has 0 heterocycles. The van der Waals surface area contributed by atoms with Crippen LogP contribution >= 0.6 is 0 Å². The summed E-state index contributed by atoms with van der Waals surface area (Å²) in [7, 11) is 0. The molecule has 3 aromatic carbocycles. The summed E-state index contributed by atoms with van der Waals surface area (Å²) >= 11 is 0. The summed E-state index contributed by atoms with van der Waals surface area (Å²) in [4.78, 5) is 0. The van der Waals surface area contributed by atoms with E-state index in [0.717, 1.165) is 5.56 Å². The maximum Gasteiger partial charge on any atom is 0.200 e. The van der Waals surface area contributed by atoms with E-state index in [1.54, 1.807) is 0 Å². The van der Waals surface area contributed by atoms with E-state index in [0.29, 0.717) is 5.75 Å².